The van der Waals surface area contributed by atoms with Crippen LogP contribution in [0.3, 0.4) is 0 Å². The molecule has 0 aliphatic carbocycles. The molecule has 0 radical (unpaired) electrons. The van der Waals surface area contributed by atoms with Gasteiger partial charge in [-0.3, -0.25) is 4.79 Å². The second kappa shape index (κ2) is 10.1. The van der Waals surface area contributed by atoms with E-state index in [1.807, 2.05) is 12.1 Å². The molecule has 124 valence electrons. The minimum absolute atomic E-state index is 0.482. The summed E-state index contributed by atoms with van der Waals surface area (Å²) in [6, 6.07) is 5.47. The first-order valence-electron chi connectivity index (χ1n) is 7.56. The Bertz CT molecular complexity index is 456. The van der Waals surface area contributed by atoms with Crippen LogP contribution in [0, 0.1) is 5.92 Å². The standard InChI is InChI=1S/C15H27N5O2/c1-2-12(5-6-16)10-20(8-7-17)14-4-3-13(11-21)15(9-14)19-22-18/h3-4,9,11-12,19H,2,5-8,10,16-18H2,1H3. The highest BCUT2D eigenvalue weighted by molar-refractivity contribution is 5.85. The maximum absolute atomic E-state index is 11.0. The second-order valence-electron chi connectivity index (χ2n) is 5.20. The number of nitrogens with two attached hydrogens (primary N) is 3. The van der Waals surface area contributed by atoms with Crippen LogP contribution in [0.25, 0.3) is 0 Å². The zero-order valence-corrected chi connectivity index (χ0v) is 13.1. The molecule has 0 spiro atoms. The first-order valence-corrected chi connectivity index (χ1v) is 7.56. The van der Waals surface area contributed by atoms with E-state index in [9.17, 15) is 4.79 Å². The average molecular weight is 309 g/mol. The molecule has 0 aliphatic rings. The van der Waals surface area contributed by atoms with Gasteiger partial charge in [0.25, 0.3) is 0 Å². The number of benzene rings is 1. The molecule has 1 atom stereocenters. The Hall–Kier alpha value is -1.67. The molecule has 0 heterocycles. The van der Waals surface area contributed by atoms with Crippen LogP contribution in [0.4, 0.5) is 11.4 Å². The molecule has 1 aromatic carbocycles. The van der Waals surface area contributed by atoms with Gasteiger partial charge in [-0.1, -0.05) is 13.3 Å². The maximum atomic E-state index is 11.0. The Balaban J connectivity index is 2.98. The van der Waals surface area contributed by atoms with E-state index in [0.29, 0.717) is 30.3 Å². The molecule has 1 aromatic rings. The van der Waals surface area contributed by atoms with Crippen LogP contribution >= 0.6 is 0 Å². The Morgan fingerprint density at radius 2 is 2.14 bits per heavy atom. The van der Waals surface area contributed by atoms with E-state index in [1.165, 1.54) is 0 Å². The molecule has 0 aliphatic heterocycles. The van der Waals surface area contributed by atoms with Gasteiger partial charge in [-0.15, -0.1) is 0 Å². The normalized spacial score (nSPS) is 12.0. The molecule has 1 rings (SSSR count). The number of carbonyl (C=O) groups excluding carboxylic acids is 1. The lowest BCUT2D eigenvalue weighted by molar-refractivity contribution is 0.112. The fraction of sp³-hybridized carbons (Fsp3) is 0.533. The third-order valence-corrected chi connectivity index (χ3v) is 3.73. The van der Waals surface area contributed by atoms with E-state index in [2.05, 4.69) is 22.2 Å². The molecule has 1 unspecified atom stereocenters. The van der Waals surface area contributed by atoms with Crippen LogP contribution in [0.2, 0.25) is 0 Å². The monoisotopic (exact) mass is 309 g/mol. The van der Waals surface area contributed by atoms with Crippen molar-refractivity contribution in [3.8, 4) is 0 Å². The Morgan fingerprint density at radius 1 is 1.36 bits per heavy atom. The van der Waals surface area contributed by atoms with Crippen molar-refractivity contribution in [2.24, 2.45) is 23.3 Å². The van der Waals surface area contributed by atoms with Gasteiger partial charge in [0.2, 0.25) is 0 Å². The lowest BCUT2D eigenvalue weighted by Gasteiger charge is -2.29. The van der Waals surface area contributed by atoms with Crippen molar-refractivity contribution in [2.75, 3.05) is 36.6 Å². The maximum Gasteiger partial charge on any atom is 0.152 e. The number of nitrogens with zero attached hydrogens (tertiary/aromatic N) is 1. The minimum atomic E-state index is 0.482. The number of hydrogen-bond donors (Lipinski definition) is 4. The average Bonchev–Trinajstić information content (AvgIpc) is 2.54. The largest absolute Gasteiger partial charge is 0.370 e. The SMILES string of the molecule is CCC(CCN)CN(CCN)c1ccc(C=O)c(NON)c1. The summed E-state index contributed by atoms with van der Waals surface area (Å²) in [6.07, 6.45) is 2.78. The summed E-state index contributed by atoms with van der Waals surface area (Å²) in [5.74, 6) is 5.54. The number of rotatable bonds is 11. The smallest absolute Gasteiger partial charge is 0.152 e. The molecule has 22 heavy (non-hydrogen) atoms. The highest BCUT2D eigenvalue weighted by Gasteiger charge is 2.14. The van der Waals surface area contributed by atoms with E-state index in [4.69, 9.17) is 17.4 Å². The molecule has 0 amide bonds. The van der Waals surface area contributed by atoms with Crippen molar-refractivity contribution in [3.05, 3.63) is 23.8 Å². The molecule has 7 heteroatoms. The number of hydrogen-bond acceptors (Lipinski definition) is 7. The van der Waals surface area contributed by atoms with E-state index in [1.54, 1.807) is 6.07 Å². The third kappa shape index (κ3) is 5.27. The molecular formula is C15H27N5O2. The highest BCUT2D eigenvalue weighted by atomic mass is 16.8. The lowest BCUT2D eigenvalue weighted by Crippen LogP contribution is -2.34. The van der Waals surface area contributed by atoms with Crippen molar-refractivity contribution in [1.82, 2.24) is 0 Å². The van der Waals surface area contributed by atoms with Crippen molar-refractivity contribution < 1.29 is 9.73 Å². The lowest BCUT2D eigenvalue weighted by atomic mass is 10.0. The van der Waals surface area contributed by atoms with Gasteiger partial charge in [0.1, 0.15) is 0 Å². The number of carbonyl (C=O) groups is 1. The van der Waals surface area contributed by atoms with E-state index in [0.717, 1.165) is 37.9 Å². The van der Waals surface area contributed by atoms with Gasteiger partial charge in [-0.05, 0) is 37.1 Å². The first-order chi connectivity index (χ1) is 10.7. The van der Waals surface area contributed by atoms with Gasteiger partial charge < -0.3 is 16.4 Å². The predicted octanol–water partition coefficient (Wildman–Crippen LogP) is 0.856. The van der Waals surface area contributed by atoms with Gasteiger partial charge in [-0.25, -0.2) is 5.48 Å². The molecule has 0 aromatic heterocycles. The summed E-state index contributed by atoms with van der Waals surface area (Å²) in [5, 5.41) is 0. The van der Waals surface area contributed by atoms with Crippen LogP contribution in [0.1, 0.15) is 30.1 Å². The zero-order chi connectivity index (χ0) is 16.4. The number of aldehydes is 1. The molecule has 0 fully saturated rings. The number of anilines is 2. The summed E-state index contributed by atoms with van der Waals surface area (Å²) in [5.41, 5.74) is 15.9. The summed E-state index contributed by atoms with van der Waals surface area (Å²) in [4.78, 5) is 17.7. The van der Waals surface area contributed by atoms with Gasteiger partial charge in [-0.2, -0.15) is 10.8 Å². The van der Waals surface area contributed by atoms with Crippen molar-refractivity contribution >= 4 is 17.7 Å². The molecule has 0 bridgehead atoms. The first kappa shape index (κ1) is 18.4. The van der Waals surface area contributed by atoms with Crippen LogP contribution in [-0.4, -0.2) is 32.5 Å². The fourth-order valence-electron chi connectivity index (χ4n) is 2.45. The van der Waals surface area contributed by atoms with Crippen LogP contribution in [-0.2, 0) is 4.94 Å². The summed E-state index contributed by atoms with van der Waals surface area (Å²) in [6.45, 7) is 4.97. The Morgan fingerprint density at radius 3 is 2.68 bits per heavy atom. The molecular weight excluding hydrogens is 282 g/mol. The summed E-state index contributed by atoms with van der Waals surface area (Å²) >= 11 is 0. The van der Waals surface area contributed by atoms with Crippen molar-refractivity contribution in [2.45, 2.75) is 19.8 Å². The minimum Gasteiger partial charge on any atom is -0.370 e. The Kier molecular flexibility index (Phi) is 8.46. The van der Waals surface area contributed by atoms with Gasteiger partial charge in [0.05, 0.1) is 5.69 Å². The van der Waals surface area contributed by atoms with Gasteiger partial charge in [0.15, 0.2) is 6.29 Å². The number of nitrogens with one attached hydrogen (secondary N) is 1. The Labute approximate surface area is 131 Å². The predicted molar refractivity (Wildman–Crippen MR) is 89.4 cm³/mol. The third-order valence-electron chi connectivity index (χ3n) is 3.73. The molecule has 0 saturated heterocycles. The molecule has 7 nitrogen and oxygen atoms in total. The summed E-state index contributed by atoms with van der Waals surface area (Å²) in [7, 11) is 0. The zero-order valence-electron chi connectivity index (χ0n) is 13.1. The van der Waals surface area contributed by atoms with E-state index in [-0.39, 0.29) is 0 Å². The fourth-order valence-corrected chi connectivity index (χ4v) is 2.45. The van der Waals surface area contributed by atoms with Crippen LogP contribution in [0.5, 0.6) is 0 Å². The second-order valence-corrected chi connectivity index (χ2v) is 5.20. The molecule has 0 saturated carbocycles. The van der Waals surface area contributed by atoms with Gasteiger partial charge >= 0.3 is 0 Å². The van der Waals surface area contributed by atoms with E-state index >= 15 is 0 Å². The van der Waals surface area contributed by atoms with Gasteiger partial charge in [0, 0.05) is 30.9 Å². The molecule has 7 N–H and O–H groups in total. The van der Waals surface area contributed by atoms with Crippen LogP contribution < -0.4 is 27.7 Å². The van der Waals surface area contributed by atoms with Crippen molar-refractivity contribution in [3.63, 3.8) is 0 Å². The quantitative estimate of drug-likeness (QED) is 0.353. The van der Waals surface area contributed by atoms with Crippen LogP contribution in [0.15, 0.2) is 18.2 Å². The van der Waals surface area contributed by atoms with Crippen molar-refractivity contribution in [1.29, 1.82) is 0 Å². The topological polar surface area (TPSA) is 120 Å². The van der Waals surface area contributed by atoms with E-state index < -0.39 is 0 Å². The highest BCUT2D eigenvalue weighted by Crippen LogP contribution is 2.24. The summed E-state index contributed by atoms with van der Waals surface area (Å²) < 4.78 is 0.